The zero-order valence-corrected chi connectivity index (χ0v) is 17.3. The lowest BCUT2D eigenvalue weighted by Gasteiger charge is -2.31. The molecule has 0 saturated carbocycles. The molecule has 0 amide bonds. The van der Waals surface area contributed by atoms with E-state index in [0.717, 1.165) is 28.2 Å². The molecule has 1 aliphatic rings. The number of nitrogens with one attached hydrogen (secondary N) is 1. The van der Waals surface area contributed by atoms with Crippen molar-refractivity contribution in [2.45, 2.75) is 18.6 Å². The van der Waals surface area contributed by atoms with Gasteiger partial charge >= 0.3 is 0 Å². The predicted octanol–water partition coefficient (Wildman–Crippen LogP) is 5.93. The van der Waals surface area contributed by atoms with Gasteiger partial charge in [0, 0.05) is 33.8 Å². The van der Waals surface area contributed by atoms with Gasteiger partial charge in [0.2, 0.25) is 0 Å². The lowest BCUT2D eigenvalue weighted by molar-refractivity contribution is 0.412. The van der Waals surface area contributed by atoms with Gasteiger partial charge in [-0.3, -0.25) is 10.3 Å². The van der Waals surface area contributed by atoms with Gasteiger partial charge in [-0.2, -0.15) is 0 Å². The second-order valence-electron chi connectivity index (χ2n) is 6.88. The van der Waals surface area contributed by atoms with Crippen LogP contribution in [0.1, 0.15) is 35.3 Å². The molecule has 3 aromatic carbocycles. The average Bonchev–Trinajstić information content (AvgIpc) is 2.75. The van der Waals surface area contributed by atoms with Gasteiger partial charge in [-0.15, -0.1) is 0 Å². The summed E-state index contributed by atoms with van der Waals surface area (Å²) in [7, 11) is 1.64. The van der Waals surface area contributed by atoms with Crippen LogP contribution in [0.2, 0.25) is 10.0 Å². The predicted molar refractivity (Wildman–Crippen MR) is 117 cm³/mol. The number of aromatic hydroxyl groups is 1. The molecule has 0 aromatic heterocycles. The summed E-state index contributed by atoms with van der Waals surface area (Å²) >= 11 is 12.2. The topological polar surface area (TPSA) is 53.8 Å². The molecule has 2 atom stereocenters. The maximum Gasteiger partial charge on any atom is 0.126 e. The number of phenols is 1. The number of ether oxygens (including phenoxy) is 1. The summed E-state index contributed by atoms with van der Waals surface area (Å²) < 4.78 is 5.27. The van der Waals surface area contributed by atoms with Crippen molar-refractivity contribution in [3.8, 4) is 11.5 Å². The highest BCUT2D eigenvalue weighted by molar-refractivity contribution is 6.30. The number of rotatable bonds is 4. The van der Waals surface area contributed by atoms with Crippen molar-refractivity contribution < 1.29 is 9.84 Å². The fraction of sp³-hybridized carbons (Fsp3) is 0.174. The van der Waals surface area contributed by atoms with Gasteiger partial charge in [-0.1, -0.05) is 35.3 Å². The first-order chi connectivity index (χ1) is 14.0. The van der Waals surface area contributed by atoms with E-state index in [0.29, 0.717) is 16.5 Å². The number of phenolic OH excluding ortho intramolecular Hbond substituents is 1. The van der Waals surface area contributed by atoms with Crippen LogP contribution in [0, 0.1) is 0 Å². The van der Waals surface area contributed by atoms with Crippen LogP contribution in [0.15, 0.2) is 71.7 Å². The highest BCUT2D eigenvalue weighted by Crippen LogP contribution is 2.36. The van der Waals surface area contributed by atoms with Crippen LogP contribution in [0.3, 0.4) is 0 Å². The summed E-state index contributed by atoms with van der Waals surface area (Å²) in [4.78, 5) is 4.94. The van der Waals surface area contributed by atoms with Crippen molar-refractivity contribution in [2.75, 3.05) is 7.11 Å². The van der Waals surface area contributed by atoms with Crippen LogP contribution in [-0.2, 0) is 0 Å². The SMILES string of the molecule is COc1ccc(C2=N[C@@H](c3ccc(Cl)cc3)N[C@H](c3cc(Cl)ccc3O)C2)cc1. The number of benzene rings is 3. The second-order valence-corrected chi connectivity index (χ2v) is 7.76. The monoisotopic (exact) mass is 426 g/mol. The van der Waals surface area contributed by atoms with Gasteiger partial charge in [-0.05, 0) is 65.7 Å². The maximum atomic E-state index is 10.4. The molecule has 148 valence electrons. The van der Waals surface area contributed by atoms with Crippen molar-refractivity contribution in [3.05, 3.63) is 93.5 Å². The van der Waals surface area contributed by atoms with Crippen LogP contribution < -0.4 is 10.1 Å². The molecular formula is C23H20Cl2N2O2. The highest BCUT2D eigenvalue weighted by atomic mass is 35.5. The van der Waals surface area contributed by atoms with Crippen molar-refractivity contribution in [1.29, 1.82) is 0 Å². The van der Waals surface area contributed by atoms with Crippen molar-refractivity contribution >= 4 is 28.9 Å². The molecule has 29 heavy (non-hydrogen) atoms. The normalized spacial score (nSPS) is 18.9. The minimum atomic E-state index is -0.276. The summed E-state index contributed by atoms with van der Waals surface area (Å²) in [5.41, 5.74) is 3.69. The van der Waals surface area contributed by atoms with Crippen LogP contribution in [0.25, 0.3) is 0 Å². The molecule has 0 saturated heterocycles. The summed E-state index contributed by atoms with van der Waals surface area (Å²) in [5, 5.41) is 15.2. The van der Waals surface area contributed by atoms with Gasteiger partial charge in [0.1, 0.15) is 17.7 Å². The van der Waals surface area contributed by atoms with E-state index in [-0.39, 0.29) is 18.0 Å². The third-order valence-electron chi connectivity index (χ3n) is 5.02. The van der Waals surface area contributed by atoms with Crippen molar-refractivity contribution in [3.63, 3.8) is 0 Å². The summed E-state index contributed by atoms with van der Waals surface area (Å²) in [6, 6.07) is 20.4. The fourth-order valence-corrected chi connectivity index (χ4v) is 3.79. The number of aliphatic imine (C=N–C) groups is 1. The molecule has 4 rings (SSSR count). The van der Waals surface area contributed by atoms with Gasteiger partial charge in [0.25, 0.3) is 0 Å². The number of nitrogens with zero attached hydrogens (tertiary/aromatic N) is 1. The molecule has 1 aliphatic heterocycles. The molecule has 2 N–H and O–H groups in total. The third kappa shape index (κ3) is 4.40. The molecule has 0 aliphatic carbocycles. The average molecular weight is 427 g/mol. The van der Waals surface area contributed by atoms with E-state index in [1.807, 2.05) is 48.5 Å². The molecule has 0 bridgehead atoms. The van der Waals surface area contributed by atoms with Crippen molar-refractivity contribution in [1.82, 2.24) is 5.32 Å². The van der Waals surface area contributed by atoms with E-state index in [9.17, 15) is 5.11 Å². The van der Waals surface area contributed by atoms with Gasteiger partial charge < -0.3 is 9.84 Å². The molecule has 0 unspecified atom stereocenters. The van der Waals surface area contributed by atoms with Crippen LogP contribution in [-0.4, -0.2) is 17.9 Å². The Morgan fingerprint density at radius 2 is 1.66 bits per heavy atom. The quantitative estimate of drug-likeness (QED) is 0.543. The fourth-order valence-electron chi connectivity index (χ4n) is 3.48. The number of halogens is 2. The largest absolute Gasteiger partial charge is 0.508 e. The molecule has 0 spiro atoms. The Kier molecular flexibility index (Phi) is 5.76. The summed E-state index contributed by atoms with van der Waals surface area (Å²) in [6.07, 6.45) is 0.339. The van der Waals surface area contributed by atoms with E-state index in [1.54, 1.807) is 25.3 Å². The third-order valence-corrected chi connectivity index (χ3v) is 5.50. The lowest BCUT2D eigenvalue weighted by Crippen LogP contribution is -2.33. The minimum absolute atomic E-state index is 0.149. The Morgan fingerprint density at radius 3 is 2.34 bits per heavy atom. The first kappa shape index (κ1) is 19.8. The van der Waals surface area contributed by atoms with E-state index in [1.165, 1.54) is 0 Å². The number of hydrogen-bond donors (Lipinski definition) is 2. The van der Waals surface area contributed by atoms with Gasteiger partial charge in [-0.25, -0.2) is 0 Å². The zero-order valence-electron chi connectivity index (χ0n) is 15.8. The lowest BCUT2D eigenvalue weighted by atomic mass is 9.93. The van der Waals surface area contributed by atoms with Crippen LogP contribution >= 0.6 is 23.2 Å². The molecule has 0 fully saturated rings. The molecule has 4 nitrogen and oxygen atoms in total. The van der Waals surface area contributed by atoms with E-state index in [2.05, 4.69) is 5.32 Å². The number of hydrogen-bond acceptors (Lipinski definition) is 4. The zero-order chi connectivity index (χ0) is 20.4. The summed E-state index contributed by atoms with van der Waals surface area (Å²) in [6.45, 7) is 0. The standard InChI is InChI=1S/C23H20Cl2N2O2/c1-29-18-9-4-14(5-10-18)20-13-21(19-12-17(25)8-11-22(19)28)27-23(26-20)15-2-6-16(24)7-3-15/h2-12,21,23,27-28H,13H2,1H3/t21-,23+/m0/s1. The Labute approximate surface area is 179 Å². The Morgan fingerprint density at radius 1 is 0.966 bits per heavy atom. The minimum Gasteiger partial charge on any atom is -0.508 e. The molecule has 6 heteroatoms. The van der Waals surface area contributed by atoms with Gasteiger partial charge in [0.05, 0.1) is 7.11 Å². The van der Waals surface area contributed by atoms with Crippen LogP contribution in [0.4, 0.5) is 0 Å². The molecule has 3 aromatic rings. The van der Waals surface area contributed by atoms with Gasteiger partial charge in [0.15, 0.2) is 0 Å². The van der Waals surface area contributed by atoms with E-state index in [4.69, 9.17) is 32.9 Å². The Hall–Kier alpha value is -2.53. The van der Waals surface area contributed by atoms with Crippen LogP contribution in [0.5, 0.6) is 11.5 Å². The molecule has 1 heterocycles. The number of methoxy groups -OCH3 is 1. The van der Waals surface area contributed by atoms with E-state index < -0.39 is 0 Å². The van der Waals surface area contributed by atoms with Crippen molar-refractivity contribution in [2.24, 2.45) is 4.99 Å². The smallest absolute Gasteiger partial charge is 0.126 e. The Balaban J connectivity index is 1.75. The highest BCUT2D eigenvalue weighted by Gasteiger charge is 2.27. The second kappa shape index (κ2) is 8.46. The van der Waals surface area contributed by atoms with E-state index >= 15 is 0 Å². The first-order valence-electron chi connectivity index (χ1n) is 9.24. The Bertz CT molecular complexity index is 1030. The first-order valence-corrected chi connectivity index (χ1v) is 10.00. The molecular weight excluding hydrogens is 407 g/mol. The summed E-state index contributed by atoms with van der Waals surface area (Å²) in [5.74, 6) is 0.999. The maximum absolute atomic E-state index is 10.4. The molecule has 0 radical (unpaired) electrons.